The second-order valence-electron chi connectivity index (χ2n) is 8.34. The van der Waals surface area contributed by atoms with Gasteiger partial charge in [-0.25, -0.2) is 0 Å². The van der Waals surface area contributed by atoms with Gasteiger partial charge in [-0.3, -0.25) is 9.59 Å². The van der Waals surface area contributed by atoms with Crippen molar-refractivity contribution in [2.45, 2.75) is 71.5 Å². The van der Waals surface area contributed by atoms with E-state index in [9.17, 15) is 9.59 Å². The van der Waals surface area contributed by atoms with E-state index >= 15 is 0 Å². The normalized spacial score (nSPS) is 15.1. The van der Waals surface area contributed by atoms with E-state index in [0.29, 0.717) is 13.0 Å². The molecule has 1 atom stereocenters. The lowest BCUT2D eigenvalue weighted by Crippen LogP contribution is -2.50. The largest absolute Gasteiger partial charge is 0.352 e. The molecular weight excluding hydrogens is 360 g/mol. The van der Waals surface area contributed by atoms with Crippen LogP contribution in [-0.4, -0.2) is 28.8 Å². The van der Waals surface area contributed by atoms with Crippen LogP contribution in [-0.2, 0) is 22.6 Å². The Kier molecular flexibility index (Phi) is 7.08. The average Bonchev–Trinajstić information content (AvgIpc) is 3.21. The van der Waals surface area contributed by atoms with Crippen molar-refractivity contribution in [3.05, 3.63) is 70.8 Å². The molecule has 2 aromatic carbocycles. The molecule has 0 spiro atoms. The number of aryl methyl sites for hydroxylation is 2. The van der Waals surface area contributed by atoms with Crippen molar-refractivity contribution in [3.63, 3.8) is 0 Å². The minimum absolute atomic E-state index is 0.0245. The summed E-state index contributed by atoms with van der Waals surface area (Å²) in [6.45, 7) is 6.35. The maximum absolute atomic E-state index is 13.2. The summed E-state index contributed by atoms with van der Waals surface area (Å²) in [6.07, 6.45) is 4.70. The fraction of sp³-hybridized carbons (Fsp3) is 0.440. The van der Waals surface area contributed by atoms with Gasteiger partial charge in [0.15, 0.2) is 0 Å². The van der Waals surface area contributed by atoms with Crippen LogP contribution in [0, 0.1) is 13.8 Å². The third kappa shape index (κ3) is 5.93. The van der Waals surface area contributed by atoms with Crippen molar-refractivity contribution >= 4 is 11.8 Å². The van der Waals surface area contributed by atoms with E-state index in [4.69, 9.17) is 0 Å². The van der Waals surface area contributed by atoms with Gasteiger partial charge in [-0.15, -0.1) is 0 Å². The molecule has 1 fully saturated rings. The molecule has 2 amide bonds. The number of carbonyl (C=O) groups excluding carboxylic acids is 2. The summed E-state index contributed by atoms with van der Waals surface area (Å²) in [5, 5.41) is 3.15. The van der Waals surface area contributed by atoms with Gasteiger partial charge in [0.2, 0.25) is 11.8 Å². The van der Waals surface area contributed by atoms with E-state index < -0.39 is 6.04 Å². The Morgan fingerprint density at radius 1 is 0.931 bits per heavy atom. The Hall–Kier alpha value is -2.62. The number of nitrogens with one attached hydrogen (secondary N) is 1. The number of benzene rings is 2. The molecule has 0 saturated heterocycles. The Morgan fingerprint density at radius 3 is 2.00 bits per heavy atom. The molecule has 1 aliphatic carbocycles. The summed E-state index contributed by atoms with van der Waals surface area (Å²) in [6, 6.07) is 15.9. The van der Waals surface area contributed by atoms with Gasteiger partial charge in [-0.1, -0.05) is 72.5 Å². The maximum atomic E-state index is 13.2. The fourth-order valence-corrected chi connectivity index (χ4v) is 3.85. The molecule has 1 aliphatic rings. The highest BCUT2D eigenvalue weighted by Crippen LogP contribution is 2.19. The monoisotopic (exact) mass is 392 g/mol. The van der Waals surface area contributed by atoms with Crippen LogP contribution >= 0.6 is 0 Å². The van der Waals surface area contributed by atoms with Crippen LogP contribution < -0.4 is 5.32 Å². The predicted octanol–water partition coefficient (Wildman–Crippen LogP) is 4.32. The van der Waals surface area contributed by atoms with E-state index in [1.807, 2.05) is 69.3 Å². The summed E-state index contributed by atoms with van der Waals surface area (Å²) in [5.41, 5.74) is 4.35. The summed E-state index contributed by atoms with van der Waals surface area (Å²) < 4.78 is 0. The van der Waals surface area contributed by atoms with Gasteiger partial charge >= 0.3 is 0 Å². The molecule has 154 valence electrons. The lowest BCUT2D eigenvalue weighted by molar-refractivity contribution is -0.140. The van der Waals surface area contributed by atoms with Gasteiger partial charge < -0.3 is 10.2 Å². The van der Waals surface area contributed by atoms with E-state index in [0.717, 1.165) is 24.0 Å². The molecule has 0 aliphatic heterocycles. The van der Waals surface area contributed by atoms with Gasteiger partial charge in [-0.2, -0.15) is 0 Å². The first-order valence-corrected chi connectivity index (χ1v) is 10.6. The molecule has 1 saturated carbocycles. The van der Waals surface area contributed by atoms with Crippen LogP contribution in [0.2, 0.25) is 0 Å². The summed E-state index contributed by atoms with van der Waals surface area (Å²) in [5.74, 6) is -0.0789. The molecular formula is C25H32N2O2. The minimum Gasteiger partial charge on any atom is -0.352 e. The number of hydrogen-bond donors (Lipinski definition) is 1. The SMILES string of the molecule is Cc1ccc(CC(=O)N(Cc2ccc(C)cc2)C(C)C(=O)NC2CCCC2)cc1. The minimum atomic E-state index is -0.505. The van der Waals surface area contributed by atoms with E-state index in [2.05, 4.69) is 5.32 Å². The van der Waals surface area contributed by atoms with Crippen molar-refractivity contribution in [1.82, 2.24) is 10.2 Å². The first kappa shape index (κ1) is 21.1. The van der Waals surface area contributed by atoms with Gasteiger partial charge in [0.05, 0.1) is 6.42 Å². The molecule has 1 N–H and O–H groups in total. The molecule has 29 heavy (non-hydrogen) atoms. The zero-order chi connectivity index (χ0) is 20.8. The molecule has 4 nitrogen and oxygen atoms in total. The van der Waals surface area contributed by atoms with E-state index in [1.54, 1.807) is 4.90 Å². The quantitative estimate of drug-likeness (QED) is 0.763. The average molecular weight is 393 g/mol. The standard InChI is InChI=1S/C25H32N2O2/c1-18-8-12-21(13-9-18)16-24(28)27(17-22-14-10-19(2)11-15-22)20(3)25(29)26-23-6-4-5-7-23/h8-15,20,23H,4-7,16-17H2,1-3H3,(H,26,29). The highest BCUT2D eigenvalue weighted by molar-refractivity contribution is 5.88. The first-order valence-electron chi connectivity index (χ1n) is 10.6. The zero-order valence-corrected chi connectivity index (χ0v) is 17.8. The number of carbonyl (C=O) groups is 2. The van der Waals surface area contributed by atoms with Gasteiger partial charge in [0.1, 0.15) is 6.04 Å². The van der Waals surface area contributed by atoms with Crippen LogP contribution in [0.1, 0.15) is 54.9 Å². The maximum Gasteiger partial charge on any atom is 0.242 e. The van der Waals surface area contributed by atoms with Gasteiger partial charge in [-0.05, 0) is 44.7 Å². The van der Waals surface area contributed by atoms with Crippen molar-refractivity contribution in [1.29, 1.82) is 0 Å². The molecule has 0 aromatic heterocycles. The van der Waals surface area contributed by atoms with Crippen LogP contribution in [0.4, 0.5) is 0 Å². The number of nitrogens with zero attached hydrogens (tertiary/aromatic N) is 1. The number of amides is 2. The van der Waals surface area contributed by atoms with Crippen LogP contribution in [0.25, 0.3) is 0 Å². The van der Waals surface area contributed by atoms with Gasteiger partial charge in [0, 0.05) is 12.6 Å². The number of rotatable bonds is 7. The highest BCUT2D eigenvalue weighted by atomic mass is 16.2. The highest BCUT2D eigenvalue weighted by Gasteiger charge is 2.28. The summed E-state index contributed by atoms with van der Waals surface area (Å²) in [7, 11) is 0. The van der Waals surface area contributed by atoms with Crippen molar-refractivity contribution in [2.75, 3.05) is 0 Å². The zero-order valence-electron chi connectivity index (χ0n) is 17.8. The van der Waals surface area contributed by atoms with Crippen molar-refractivity contribution in [3.8, 4) is 0 Å². The predicted molar refractivity (Wildman–Crippen MR) is 116 cm³/mol. The van der Waals surface area contributed by atoms with Crippen LogP contribution in [0.5, 0.6) is 0 Å². The van der Waals surface area contributed by atoms with Crippen molar-refractivity contribution in [2.24, 2.45) is 0 Å². The fourth-order valence-electron chi connectivity index (χ4n) is 3.85. The summed E-state index contributed by atoms with van der Waals surface area (Å²) in [4.78, 5) is 27.8. The van der Waals surface area contributed by atoms with Crippen LogP contribution in [0.15, 0.2) is 48.5 Å². The molecule has 1 unspecified atom stereocenters. The Balaban J connectivity index is 1.75. The van der Waals surface area contributed by atoms with Crippen LogP contribution in [0.3, 0.4) is 0 Å². The van der Waals surface area contributed by atoms with E-state index in [-0.39, 0.29) is 17.9 Å². The second kappa shape index (κ2) is 9.73. The third-order valence-corrected chi connectivity index (χ3v) is 5.82. The molecule has 0 radical (unpaired) electrons. The smallest absolute Gasteiger partial charge is 0.242 e. The Labute approximate surface area is 174 Å². The van der Waals surface area contributed by atoms with Gasteiger partial charge in [0.25, 0.3) is 0 Å². The lowest BCUT2D eigenvalue weighted by atomic mass is 10.1. The first-order chi connectivity index (χ1) is 13.9. The Morgan fingerprint density at radius 2 is 1.45 bits per heavy atom. The topological polar surface area (TPSA) is 49.4 Å². The third-order valence-electron chi connectivity index (χ3n) is 5.82. The molecule has 2 aromatic rings. The molecule has 0 bridgehead atoms. The van der Waals surface area contributed by atoms with Crippen molar-refractivity contribution < 1.29 is 9.59 Å². The molecule has 3 rings (SSSR count). The molecule has 0 heterocycles. The number of hydrogen-bond acceptors (Lipinski definition) is 2. The molecule has 4 heteroatoms. The summed E-state index contributed by atoms with van der Waals surface area (Å²) >= 11 is 0. The van der Waals surface area contributed by atoms with E-state index in [1.165, 1.54) is 24.0 Å². The second-order valence-corrected chi connectivity index (χ2v) is 8.34. The Bertz CT molecular complexity index is 821. The lowest BCUT2D eigenvalue weighted by Gasteiger charge is -2.30.